The maximum atomic E-state index is 13.2. The highest BCUT2D eigenvalue weighted by Gasteiger charge is 2.30. The molecule has 0 radical (unpaired) electrons. The van der Waals surface area contributed by atoms with Gasteiger partial charge in [0.05, 0.1) is 5.56 Å². The second-order valence-electron chi connectivity index (χ2n) is 6.93. The molecule has 29 heavy (non-hydrogen) atoms. The van der Waals surface area contributed by atoms with Crippen LogP contribution in [0.5, 0.6) is 5.75 Å². The van der Waals surface area contributed by atoms with Gasteiger partial charge in [-0.05, 0) is 19.1 Å². The van der Waals surface area contributed by atoms with Gasteiger partial charge in [0.25, 0.3) is 11.8 Å². The highest BCUT2D eigenvalue weighted by atomic mass is 16.5. The minimum atomic E-state index is -0.235. The molecule has 1 saturated heterocycles. The van der Waals surface area contributed by atoms with Gasteiger partial charge in [-0.3, -0.25) is 9.59 Å². The number of phenolic OH excluding ortho intramolecular Hbond substituents is 1. The normalized spacial score (nSPS) is 14.1. The summed E-state index contributed by atoms with van der Waals surface area (Å²) >= 11 is 0. The summed E-state index contributed by atoms with van der Waals surface area (Å²) in [6.45, 7) is 3.31. The molecular weight excluding hydrogens is 370 g/mol. The van der Waals surface area contributed by atoms with E-state index in [4.69, 9.17) is 4.52 Å². The van der Waals surface area contributed by atoms with Gasteiger partial charge in [0.1, 0.15) is 22.8 Å². The SMILES string of the molecule is Cc1onc(-c2ccccc2)c1C(=O)N1CCN(C(=O)c2ccccc2O)CC1. The average molecular weight is 391 g/mol. The third-order valence-corrected chi connectivity index (χ3v) is 5.11. The van der Waals surface area contributed by atoms with E-state index in [1.807, 2.05) is 30.3 Å². The number of carbonyl (C=O) groups excluding carboxylic acids is 2. The predicted molar refractivity (Wildman–Crippen MR) is 107 cm³/mol. The molecule has 1 fully saturated rings. The summed E-state index contributed by atoms with van der Waals surface area (Å²) in [5.74, 6) is 0.0452. The summed E-state index contributed by atoms with van der Waals surface area (Å²) in [4.78, 5) is 29.2. The standard InChI is InChI=1S/C22H21N3O4/c1-15-19(20(23-29-15)16-7-3-2-4-8-16)22(28)25-13-11-24(12-14-25)21(27)17-9-5-6-10-18(17)26/h2-10,26H,11-14H2,1H3. The molecule has 1 aromatic heterocycles. The Bertz CT molecular complexity index is 1040. The average Bonchev–Trinajstić information content (AvgIpc) is 3.15. The number of phenols is 1. The molecule has 2 amide bonds. The van der Waals surface area contributed by atoms with Crippen LogP contribution in [0.1, 0.15) is 26.5 Å². The largest absolute Gasteiger partial charge is 0.507 e. The third-order valence-electron chi connectivity index (χ3n) is 5.11. The summed E-state index contributed by atoms with van der Waals surface area (Å²) in [5, 5.41) is 14.0. The van der Waals surface area contributed by atoms with Crippen molar-refractivity contribution in [3.63, 3.8) is 0 Å². The van der Waals surface area contributed by atoms with Gasteiger partial charge >= 0.3 is 0 Å². The summed E-state index contributed by atoms with van der Waals surface area (Å²) < 4.78 is 5.30. The van der Waals surface area contributed by atoms with E-state index in [0.717, 1.165) is 5.56 Å². The van der Waals surface area contributed by atoms with E-state index >= 15 is 0 Å². The maximum absolute atomic E-state index is 13.2. The number of para-hydroxylation sites is 1. The highest BCUT2D eigenvalue weighted by Crippen LogP contribution is 2.27. The second kappa shape index (κ2) is 7.79. The molecule has 1 aliphatic rings. The Hall–Kier alpha value is -3.61. The number of aromatic hydroxyl groups is 1. The first-order valence-electron chi connectivity index (χ1n) is 9.44. The predicted octanol–water partition coefficient (Wildman–Crippen LogP) is 2.95. The van der Waals surface area contributed by atoms with E-state index in [-0.39, 0.29) is 23.1 Å². The number of benzene rings is 2. The van der Waals surface area contributed by atoms with Crippen LogP contribution >= 0.6 is 0 Å². The van der Waals surface area contributed by atoms with Crippen LogP contribution in [0, 0.1) is 6.92 Å². The monoisotopic (exact) mass is 391 g/mol. The van der Waals surface area contributed by atoms with Crippen LogP contribution in [0.15, 0.2) is 59.1 Å². The number of rotatable bonds is 3. The number of piperazine rings is 1. The van der Waals surface area contributed by atoms with Crippen LogP contribution in [0.4, 0.5) is 0 Å². The third kappa shape index (κ3) is 3.59. The molecule has 148 valence electrons. The Morgan fingerprint density at radius 3 is 2.14 bits per heavy atom. The molecule has 2 aromatic carbocycles. The number of aryl methyl sites for hydroxylation is 1. The van der Waals surface area contributed by atoms with Crippen LogP contribution < -0.4 is 0 Å². The van der Waals surface area contributed by atoms with E-state index in [0.29, 0.717) is 43.2 Å². The highest BCUT2D eigenvalue weighted by molar-refractivity contribution is 6.01. The van der Waals surface area contributed by atoms with E-state index in [1.54, 1.807) is 34.9 Å². The molecule has 0 saturated carbocycles. The molecule has 7 nitrogen and oxygen atoms in total. The zero-order chi connectivity index (χ0) is 20.4. The lowest BCUT2D eigenvalue weighted by molar-refractivity contribution is 0.0533. The first-order valence-corrected chi connectivity index (χ1v) is 9.44. The van der Waals surface area contributed by atoms with Crippen molar-refractivity contribution in [2.24, 2.45) is 0 Å². The lowest BCUT2D eigenvalue weighted by atomic mass is 10.0. The fourth-order valence-corrected chi connectivity index (χ4v) is 3.51. The van der Waals surface area contributed by atoms with Gasteiger partial charge in [-0.15, -0.1) is 0 Å². The van der Waals surface area contributed by atoms with E-state index in [2.05, 4.69) is 5.16 Å². The summed E-state index contributed by atoms with van der Waals surface area (Å²) in [6, 6.07) is 15.9. The van der Waals surface area contributed by atoms with Crippen molar-refractivity contribution in [2.75, 3.05) is 26.2 Å². The molecule has 4 rings (SSSR count). The Morgan fingerprint density at radius 1 is 0.897 bits per heavy atom. The second-order valence-corrected chi connectivity index (χ2v) is 6.93. The molecule has 7 heteroatoms. The zero-order valence-corrected chi connectivity index (χ0v) is 16.0. The van der Waals surface area contributed by atoms with Gasteiger partial charge < -0.3 is 19.4 Å². The quantitative estimate of drug-likeness (QED) is 0.742. The van der Waals surface area contributed by atoms with E-state index < -0.39 is 0 Å². The number of hydrogen-bond donors (Lipinski definition) is 1. The molecule has 3 aromatic rings. The molecule has 0 aliphatic carbocycles. The molecule has 0 unspecified atom stereocenters. The van der Waals surface area contributed by atoms with E-state index in [9.17, 15) is 14.7 Å². The van der Waals surface area contributed by atoms with Crippen LogP contribution in [0.2, 0.25) is 0 Å². The number of aromatic nitrogens is 1. The summed E-state index contributed by atoms with van der Waals surface area (Å²) in [7, 11) is 0. The molecule has 1 N–H and O–H groups in total. The lowest BCUT2D eigenvalue weighted by Gasteiger charge is -2.34. The fraction of sp³-hybridized carbons (Fsp3) is 0.227. The van der Waals surface area contributed by atoms with Crippen LogP contribution in [0.25, 0.3) is 11.3 Å². The Kier molecular flexibility index (Phi) is 5.03. The van der Waals surface area contributed by atoms with Gasteiger partial charge in [-0.2, -0.15) is 0 Å². The Balaban J connectivity index is 1.49. The molecule has 2 heterocycles. The topological polar surface area (TPSA) is 86.9 Å². The van der Waals surface area contributed by atoms with Crippen LogP contribution in [-0.4, -0.2) is 58.1 Å². The fourth-order valence-electron chi connectivity index (χ4n) is 3.51. The van der Waals surface area contributed by atoms with E-state index in [1.165, 1.54) is 6.07 Å². The van der Waals surface area contributed by atoms with Crippen molar-refractivity contribution < 1.29 is 19.2 Å². The molecule has 1 aliphatic heterocycles. The van der Waals surface area contributed by atoms with Gasteiger partial charge in [-0.25, -0.2) is 0 Å². The van der Waals surface area contributed by atoms with Crippen molar-refractivity contribution in [3.8, 4) is 17.0 Å². The molecule has 0 atom stereocenters. The first kappa shape index (κ1) is 18.7. The van der Waals surface area contributed by atoms with Gasteiger partial charge in [0.2, 0.25) is 0 Å². The van der Waals surface area contributed by atoms with Crippen molar-refractivity contribution in [2.45, 2.75) is 6.92 Å². The zero-order valence-electron chi connectivity index (χ0n) is 16.0. The smallest absolute Gasteiger partial charge is 0.259 e. The summed E-state index contributed by atoms with van der Waals surface area (Å²) in [6.07, 6.45) is 0. The molecular formula is C22H21N3O4. The van der Waals surface area contributed by atoms with Gasteiger partial charge in [-0.1, -0.05) is 47.6 Å². The number of carbonyl (C=O) groups is 2. The minimum absolute atomic E-state index is 0.0383. The van der Waals surface area contributed by atoms with Crippen molar-refractivity contribution in [1.82, 2.24) is 15.0 Å². The molecule has 0 bridgehead atoms. The Labute approximate surface area is 168 Å². The Morgan fingerprint density at radius 2 is 1.48 bits per heavy atom. The molecule has 0 spiro atoms. The lowest BCUT2D eigenvalue weighted by Crippen LogP contribution is -2.50. The first-order chi connectivity index (χ1) is 14.1. The van der Waals surface area contributed by atoms with Crippen LogP contribution in [0.3, 0.4) is 0 Å². The van der Waals surface area contributed by atoms with Crippen LogP contribution in [-0.2, 0) is 0 Å². The van der Waals surface area contributed by atoms with Crippen molar-refractivity contribution >= 4 is 11.8 Å². The number of hydrogen-bond acceptors (Lipinski definition) is 5. The number of nitrogens with zero attached hydrogens (tertiary/aromatic N) is 3. The van der Waals surface area contributed by atoms with Crippen molar-refractivity contribution in [1.29, 1.82) is 0 Å². The minimum Gasteiger partial charge on any atom is -0.507 e. The van der Waals surface area contributed by atoms with Crippen molar-refractivity contribution in [3.05, 3.63) is 71.5 Å². The van der Waals surface area contributed by atoms with Gasteiger partial charge in [0, 0.05) is 31.7 Å². The maximum Gasteiger partial charge on any atom is 0.259 e. The van der Waals surface area contributed by atoms with Gasteiger partial charge in [0.15, 0.2) is 0 Å². The number of amides is 2. The summed E-state index contributed by atoms with van der Waals surface area (Å²) in [5.41, 5.74) is 2.08.